The summed E-state index contributed by atoms with van der Waals surface area (Å²) in [6, 6.07) is 14.3. The zero-order valence-corrected chi connectivity index (χ0v) is 17.7. The number of benzene rings is 2. The van der Waals surface area contributed by atoms with Crippen LogP contribution in [0.5, 0.6) is 5.75 Å². The molecular weight excluding hydrogens is 390 g/mol. The molecule has 1 aromatic heterocycles. The number of nitrogens with one attached hydrogen (secondary N) is 1. The highest BCUT2D eigenvalue weighted by Gasteiger charge is 2.26. The Morgan fingerprint density at radius 3 is 2.34 bits per heavy atom. The van der Waals surface area contributed by atoms with Crippen molar-refractivity contribution in [1.29, 1.82) is 0 Å². The molecule has 6 nitrogen and oxygen atoms in total. The normalized spacial score (nSPS) is 12.9. The Morgan fingerprint density at radius 1 is 1.10 bits per heavy atom. The lowest BCUT2D eigenvalue weighted by atomic mass is 9.95. The lowest BCUT2D eigenvalue weighted by Gasteiger charge is -2.23. The first-order valence-corrected chi connectivity index (χ1v) is 11.4. The molecule has 0 spiro atoms. The molecule has 0 radical (unpaired) electrons. The molecule has 7 heteroatoms. The van der Waals surface area contributed by atoms with Crippen LogP contribution in [0, 0.1) is 5.92 Å². The molecule has 0 saturated carbocycles. The van der Waals surface area contributed by atoms with Crippen molar-refractivity contribution < 1.29 is 22.4 Å². The third kappa shape index (κ3) is 4.79. The number of furan rings is 1. The maximum Gasteiger partial charge on any atom is 0.287 e. The van der Waals surface area contributed by atoms with Crippen LogP contribution < -0.4 is 10.1 Å². The molecule has 1 atom stereocenters. The Morgan fingerprint density at radius 2 is 1.76 bits per heavy atom. The fourth-order valence-corrected chi connectivity index (χ4v) is 4.15. The van der Waals surface area contributed by atoms with Gasteiger partial charge < -0.3 is 14.5 Å². The first kappa shape index (κ1) is 20.9. The van der Waals surface area contributed by atoms with Gasteiger partial charge in [-0.2, -0.15) is 0 Å². The van der Waals surface area contributed by atoms with E-state index >= 15 is 0 Å². The summed E-state index contributed by atoms with van der Waals surface area (Å²) < 4.78 is 34.8. The molecule has 2 aromatic carbocycles. The molecule has 3 rings (SSSR count). The number of sulfone groups is 1. The standard InChI is InChI=1S/C22H25NO5S/c1-14(2)20(15-9-11-16(27-3)12-10-15)23-22(24)21-18(13-29(4,25)26)17-7-5-6-8-19(17)28-21/h5-12,14,20H,13H2,1-4H3,(H,23,24). The Bertz CT molecular complexity index is 1110. The smallest absolute Gasteiger partial charge is 0.287 e. The molecule has 0 aliphatic carbocycles. The predicted molar refractivity (Wildman–Crippen MR) is 113 cm³/mol. The fourth-order valence-electron chi connectivity index (χ4n) is 3.34. The Kier molecular flexibility index (Phi) is 5.98. The van der Waals surface area contributed by atoms with Crippen LogP contribution in [-0.2, 0) is 15.6 Å². The van der Waals surface area contributed by atoms with Crippen molar-refractivity contribution in [1.82, 2.24) is 5.32 Å². The van der Waals surface area contributed by atoms with Crippen molar-refractivity contribution in [2.75, 3.05) is 13.4 Å². The molecular formula is C22H25NO5S. The van der Waals surface area contributed by atoms with Crippen LogP contribution in [0.3, 0.4) is 0 Å². The summed E-state index contributed by atoms with van der Waals surface area (Å²) in [5.41, 5.74) is 1.80. The van der Waals surface area contributed by atoms with Crippen LogP contribution in [0.15, 0.2) is 52.9 Å². The molecule has 1 heterocycles. The van der Waals surface area contributed by atoms with Gasteiger partial charge in [0.1, 0.15) is 11.3 Å². The number of methoxy groups -OCH3 is 1. The van der Waals surface area contributed by atoms with Crippen molar-refractivity contribution in [2.45, 2.75) is 25.6 Å². The van der Waals surface area contributed by atoms with E-state index in [4.69, 9.17) is 9.15 Å². The minimum Gasteiger partial charge on any atom is -0.497 e. The van der Waals surface area contributed by atoms with Crippen LogP contribution in [0.25, 0.3) is 11.0 Å². The van der Waals surface area contributed by atoms with Gasteiger partial charge in [-0.3, -0.25) is 4.79 Å². The van der Waals surface area contributed by atoms with Gasteiger partial charge in [0.05, 0.1) is 18.9 Å². The van der Waals surface area contributed by atoms with Crippen molar-refractivity contribution in [2.24, 2.45) is 5.92 Å². The Balaban J connectivity index is 1.97. The SMILES string of the molecule is COc1ccc(C(NC(=O)c2oc3ccccc3c2CS(C)(=O)=O)C(C)C)cc1. The second-order valence-corrected chi connectivity index (χ2v) is 9.58. The van der Waals surface area contributed by atoms with E-state index in [1.54, 1.807) is 31.4 Å². The van der Waals surface area contributed by atoms with E-state index in [0.717, 1.165) is 17.6 Å². The first-order valence-electron chi connectivity index (χ1n) is 9.32. The maximum atomic E-state index is 13.1. The third-order valence-corrected chi connectivity index (χ3v) is 5.55. The minimum absolute atomic E-state index is 0.0378. The summed E-state index contributed by atoms with van der Waals surface area (Å²) in [6.07, 6.45) is 1.14. The molecule has 29 heavy (non-hydrogen) atoms. The largest absolute Gasteiger partial charge is 0.497 e. The highest BCUT2D eigenvalue weighted by molar-refractivity contribution is 7.89. The predicted octanol–water partition coefficient (Wildman–Crippen LogP) is 4.11. The van der Waals surface area contributed by atoms with Gasteiger partial charge in [-0.25, -0.2) is 8.42 Å². The number of carbonyl (C=O) groups is 1. The number of para-hydroxylation sites is 1. The molecule has 0 bridgehead atoms. The van der Waals surface area contributed by atoms with E-state index in [1.807, 2.05) is 38.1 Å². The highest BCUT2D eigenvalue weighted by Crippen LogP contribution is 2.29. The van der Waals surface area contributed by atoms with Crippen LogP contribution in [0.2, 0.25) is 0 Å². The summed E-state index contributed by atoms with van der Waals surface area (Å²) in [5.74, 6) is 0.178. The topological polar surface area (TPSA) is 85.6 Å². The van der Waals surface area contributed by atoms with Gasteiger partial charge in [-0.1, -0.05) is 44.2 Å². The summed E-state index contributed by atoms with van der Waals surface area (Å²) in [4.78, 5) is 13.1. The van der Waals surface area contributed by atoms with E-state index in [1.165, 1.54) is 0 Å². The number of carbonyl (C=O) groups excluding carboxylic acids is 1. The van der Waals surface area contributed by atoms with Gasteiger partial charge in [-0.05, 0) is 29.7 Å². The zero-order chi connectivity index (χ0) is 21.2. The first-order chi connectivity index (χ1) is 13.7. The van der Waals surface area contributed by atoms with E-state index in [2.05, 4.69) is 5.32 Å². The number of fused-ring (bicyclic) bond motifs is 1. The van der Waals surface area contributed by atoms with Crippen molar-refractivity contribution in [3.63, 3.8) is 0 Å². The summed E-state index contributed by atoms with van der Waals surface area (Å²) >= 11 is 0. The van der Waals surface area contributed by atoms with Crippen LogP contribution in [0.1, 0.15) is 41.6 Å². The Labute approximate surface area is 170 Å². The second kappa shape index (κ2) is 8.29. The van der Waals surface area contributed by atoms with Gasteiger partial charge in [0.2, 0.25) is 0 Å². The summed E-state index contributed by atoms with van der Waals surface area (Å²) in [7, 11) is -1.75. The van der Waals surface area contributed by atoms with Crippen LogP contribution in [0.4, 0.5) is 0 Å². The quantitative estimate of drug-likeness (QED) is 0.628. The van der Waals surface area contributed by atoms with Crippen molar-refractivity contribution in [3.8, 4) is 5.75 Å². The van der Waals surface area contributed by atoms with Crippen LogP contribution in [-0.4, -0.2) is 27.7 Å². The molecule has 0 fully saturated rings. The van der Waals surface area contributed by atoms with E-state index < -0.39 is 15.7 Å². The molecule has 154 valence electrons. The Hall–Kier alpha value is -2.80. The number of rotatable bonds is 7. The second-order valence-electron chi connectivity index (χ2n) is 7.44. The average molecular weight is 416 g/mol. The molecule has 1 amide bonds. The van der Waals surface area contributed by atoms with Crippen molar-refractivity contribution in [3.05, 3.63) is 65.4 Å². The van der Waals surface area contributed by atoms with Gasteiger partial charge in [-0.15, -0.1) is 0 Å². The summed E-state index contributed by atoms with van der Waals surface area (Å²) in [5, 5.41) is 3.64. The summed E-state index contributed by atoms with van der Waals surface area (Å²) in [6.45, 7) is 4.01. The van der Waals surface area contributed by atoms with Crippen LogP contribution >= 0.6 is 0 Å². The van der Waals surface area contributed by atoms with E-state index in [9.17, 15) is 13.2 Å². The molecule has 0 aliphatic heterocycles. The molecule has 0 saturated heterocycles. The lowest BCUT2D eigenvalue weighted by molar-refractivity contribution is 0.0898. The molecule has 1 unspecified atom stereocenters. The number of ether oxygens (including phenoxy) is 1. The molecule has 0 aliphatic rings. The fraction of sp³-hybridized carbons (Fsp3) is 0.318. The van der Waals surface area contributed by atoms with Gasteiger partial charge in [0, 0.05) is 17.2 Å². The highest BCUT2D eigenvalue weighted by atomic mass is 32.2. The monoisotopic (exact) mass is 415 g/mol. The average Bonchev–Trinajstić information content (AvgIpc) is 3.03. The molecule has 3 aromatic rings. The van der Waals surface area contributed by atoms with Gasteiger partial charge >= 0.3 is 0 Å². The van der Waals surface area contributed by atoms with Gasteiger partial charge in [0.15, 0.2) is 15.6 Å². The number of hydrogen-bond donors (Lipinski definition) is 1. The number of hydrogen-bond acceptors (Lipinski definition) is 5. The molecule has 1 N–H and O–H groups in total. The minimum atomic E-state index is -3.35. The van der Waals surface area contributed by atoms with Crippen molar-refractivity contribution >= 4 is 26.7 Å². The number of amides is 1. The van der Waals surface area contributed by atoms with E-state index in [0.29, 0.717) is 16.5 Å². The van der Waals surface area contributed by atoms with E-state index in [-0.39, 0.29) is 23.5 Å². The maximum absolute atomic E-state index is 13.1. The zero-order valence-electron chi connectivity index (χ0n) is 16.9. The lowest BCUT2D eigenvalue weighted by Crippen LogP contribution is -2.32. The third-order valence-electron chi connectivity index (χ3n) is 4.74. The van der Waals surface area contributed by atoms with Gasteiger partial charge in [0.25, 0.3) is 5.91 Å².